The number of likely N-dealkylation sites (tertiary alicyclic amines) is 1. The topological polar surface area (TPSA) is 81.9 Å². The molecule has 0 spiro atoms. The predicted molar refractivity (Wildman–Crippen MR) is 96.1 cm³/mol. The summed E-state index contributed by atoms with van der Waals surface area (Å²) in [5.74, 6) is -0.676. The van der Waals surface area contributed by atoms with Crippen LogP contribution < -0.4 is 5.73 Å². The molecule has 2 unspecified atom stereocenters. The first-order valence-electron chi connectivity index (χ1n) is 8.86. The maximum absolute atomic E-state index is 12.4. The van der Waals surface area contributed by atoms with Crippen molar-refractivity contribution < 1.29 is 19.1 Å². The van der Waals surface area contributed by atoms with Crippen molar-refractivity contribution >= 4 is 17.6 Å². The number of carbonyl (C=O) groups excluding carboxylic acids is 2. The molecular weight excluding hydrogens is 320 g/mol. The summed E-state index contributed by atoms with van der Waals surface area (Å²) in [5.41, 5.74) is 6.66. The van der Waals surface area contributed by atoms with Crippen molar-refractivity contribution in [1.82, 2.24) is 4.90 Å². The lowest BCUT2D eigenvalue weighted by Gasteiger charge is -2.37. The standard InChI is InChI=1S/C19H28N2O4/c1-4-24-19(23)16-12-21(11-13(2)3)10-9-17(16)25-18(22)14-5-7-15(20)8-6-14/h5-8,13,16-17H,4,9-12,20H2,1-3H3. The van der Waals surface area contributed by atoms with Crippen LogP contribution in [0.2, 0.25) is 0 Å². The lowest BCUT2D eigenvalue weighted by atomic mass is 9.93. The van der Waals surface area contributed by atoms with Gasteiger partial charge < -0.3 is 20.1 Å². The van der Waals surface area contributed by atoms with Crippen molar-refractivity contribution in [1.29, 1.82) is 0 Å². The van der Waals surface area contributed by atoms with Gasteiger partial charge in [0.15, 0.2) is 0 Å². The summed E-state index contributed by atoms with van der Waals surface area (Å²) in [6.45, 7) is 8.65. The van der Waals surface area contributed by atoms with Crippen LogP contribution in [0.25, 0.3) is 0 Å². The third kappa shape index (κ3) is 5.46. The Hall–Kier alpha value is -2.08. The van der Waals surface area contributed by atoms with E-state index in [1.54, 1.807) is 31.2 Å². The van der Waals surface area contributed by atoms with Crippen molar-refractivity contribution in [2.24, 2.45) is 11.8 Å². The van der Waals surface area contributed by atoms with Crippen molar-refractivity contribution in [2.45, 2.75) is 33.3 Å². The van der Waals surface area contributed by atoms with Crippen molar-refractivity contribution in [3.63, 3.8) is 0 Å². The highest BCUT2D eigenvalue weighted by Gasteiger charge is 2.38. The molecular formula is C19H28N2O4. The second-order valence-corrected chi connectivity index (χ2v) is 6.87. The summed E-state index contributed by atoms with van der Waals surface area (Å²) in [6, 6.07) is 6.57. The van der Waals surface area contributed by atoms with Crippen LogP contribution in [-0.2, 0) is 14.3 Å². The average Bonchev–Trinajstić information content (AvgIpc) is 2.56. The van der Waals surface area contributed by atoms with E-state index in [1.165, 1.54) is 0 Å². The fraction of sp³-hybridized carbons (Fsp3) is 0.579. The largest absolute Gasteiger partial charge is 0.466 e. The van der Waals surface area contributed by atoms with Gasteiger partial charge in [-0.05, 0) is 43.5 Å². The number of rotatable bonds is 6. The molecule has 0 bridgehead atoms. The average molecular weight is 348 g/mol. The van der Waals surface area contributed by atoms with Gasteiger partial charge in [-0.25, -0.2) is 4.79 Å². The van der Waals surface area contributed by atoms with Crippen LogP contribution in [0.1, 0.15) is 37.6 Å². The summed E-state index contributed by atoms with van der Waals surface area (Å²) < 4.78 is 10.8. The molecule has 0 aliphatic carbocycles. The summed E-state index contributed by atoms with van der Waals surface area (Å²) in [5, 5.41) is 0. The summed E-state index contributed by atoms with van der Waals surface area (Å²) >= 11 is 0. The van der Waals surface area contributed by atoms with Crippen LogP contribution in [0.4, 0.5) is 5.69 Å². The summed E-state index contributed by atoms with van der Waals surface area (Å²) in [6.07, 6.45) is 0.157. The minimum absolute atomic E-state index is 0.300. The number of hydrogen-bond acceptors (Lipinski definition) is 6. The number of carbonyl (C=O) groups is 2. The van der Waals surface area contributed by atoms with Crippen LogP contribution in [-0.4, -0.2) is 49.2 Å². The van der Waals surface area contributed by atoms with E-state index < -0.39 is 18.0 Å². The summed E-state index contributed by atoms with van der Waals surface area (Å²) in [4.78, 5) is 27.0. The normalized spacial score (nSPS) is 21.1. The van der Waals surface area contributed by atoms with E-state index in [0.717, 1.165) is 13.1 Å². The highest BCUT2D eigenvalue weighted by Crippen LogP contribution is 2.24. The van der Waals surface area contributed by atoms with Crippen LogP contribution >= 0.6 is 0 Å². The fourth-order valence-corrected chi connectivity index (χ4v) is 3.12. The highest BCUT2D eigenvalue weighted by molar-refractivity contribution is 5.90. The zero-order valence-corrected chi connectivity index (χ0v) is 15.2. The van der Waals surface area contributed by atoms with Gasteiger partial charge in [-0.2, -0.15) is 0 Å². The number of ether oxygens (including phenoxy) is 2. The second kappa shape index (κ2) is 8.85. The maximum Gasteiger partial charge on any atom is 0.338 e. The van der Waals surface area contributed by atoms with Gasteiger partial charge in [0.1, 0.15) is 12.0 Å². The van der Waals surface area contributed by atoms with Crippen LogP contribution in [0, 0.1) is 11.8 Å². The molecule has 1 saturated heterocycles. The smallest absolute Gasteiger partial charge is 0.338 e. The van der Waals surface area contributed by atoms with E-state index in [1.807, 2.05) is 0 Å². The maximum atomic E-state index is 12.4. The Morgan fingerprint density at radius 3 is 2.56 bits per heavy atom. The van der Waals surface area contributed by atoms with Crippen LogP contribution in [0.3, 0.4) is 0 Å². The minimum Gasteiger partial charge on any atom is -0.466 e. The van der Waals surface area contributed by atoms with Crippen molar-refractivity contribution in [2.75, 3.05) is 32.0 Å². The van der Waals surface area contributed by atoms with E-state index in [4.69, 9.17) is 15.2 Å². The summed E-state index contributed by atoms with van der Waals surface area (Å²) in [7, 11) is 0. The lowest BCUT2D eigenvalue weighted by Crippen LogP contribution is -2.49. The zero-order chi connectivity index (χ0) is 18.4. The van der Waals surface area contributed by atoms with Gasteiger partial charge in [-0.3, -0.25) is 4.79 Å². The van der Waals surface area contributed by atoms with Crippen LogP contribution in [0.5, 0.6) is 0 Å². The van der Waals surface area contributed by atoms with Gasteiger partial charge >= 0.3 is 11.9 Å². The molecule has 2 atom stereocenters. The highest BCUT2D eigenvalue weighted by atomic mass is 16.6. The first kappa shape index (κ1) is 19.2. The Morgan fingerprint density at radius 1 is 1.28 bits per heavy atom. The molecule has 1 aliphatic heterocycles. The molecule has 2 rings (SSSR count). The van der Waals surface area contributed by atoms with Crippen molar-refractivity contribution in [3.05, 3.63) is 29.8 Å². The Balaban J connectivity index is 2.06. The molecule has 1 aromatic rings. The quantitative estimate of drug-likeness (QED) is 0.628. The third-order valence-corrected chi connectivity index (χ3v) is 4.25. The molecule has 1 aliphatic rings. The number of nitrogens with two attached hydrogens (primary N) is 1. The molecule has 1 aromatic carbocycles. The molecule has 6 heteroatoms. The Morgan fingerprint density at radius 2 is 1.96 bits per heavy atom. The van der Waals surface area contributed by atoms with Gasteiger partial charge in [0.05, 0.1) is 12.2 Å². The van der Waals surface area contributed by atoms with Crippen molar-refractivity contribution in [3.8, 4) is 0 Å². The molecule has 1 heterocycles. The van der Waals surface area contributed by atoms with Crippen LogP contribution in [0.15, 0.2) is 24.3 Å². The van der Waals surface area contributed by atoms with E-state index in [2.05, 4.69) is 18.7 Å². The first-order chi connectivity index (χ1) is 11.9. The first-order valence-corrected chi connectivity index (χ1v) is 8.86. The molecule has 0 aromatic heterocycles. The number of nitrogens with zero attached hydrogens (tertiary/aromatic N) is 1. The molecule has 6 nitrogen and oxygen atoms in total. The van der Waals surface area contributed by atoms with E-state index in [0.29, 0.717) is 36.7 Å². The zero-order valence-electron chi connectivity index (χ0n) is 15.2. The number of nitrogen functional groups attached to an aromatic ring is 1. The predicted octanol–water partition coefficient (Wildman–Crippen LogP) is 2.34. The second-order valence-electron chi connectivity index (χ2n) is 6.87. The van der Waals surface area contributed by atoms with E-state index in [9.17, 15) is 9.59 Å². The van der Waals surface area contributed by atoms with Gasteiger partial charge in [-0.15, -0.1) is 0 Å². The Bertz CT molecular complexity index is 586. The molecule has 0 radical (unpaired) electrons. The third-order valence-electron chi connectivity index (χ3n) is 4.25. The number of piperidine rings is 1. The molecule has 2 N–H and O–H groups in total. The van der Waals surface area contributed by atoms with Gasteiger partial charge in [0, 0.05) is 25.3 Å². The number of esters is 2. The molecule has 0 amide bonds. The van der Waals surface area contributed by atoms with Gasteiger partial charge in [-0.1, -0.05) is 13.8 Å². The lowest BCUT2D eigenvalue weighted by molar-refractivity contribution is -0.155. The molecule has 0 saturated carbocycles. The SMILES string of the molecule is CCOC(=O)C1CN(CC(C)C)CCC1OC(=O)c1ccc(N)cc1. The Labute approximate surface area is 149 Å². The van der Waals surface area contributed by atoms with Gasteiger partial charge in [0.25, 0.3) is 0 Å². The van der Waals surface area contributed by atoms with E-state index in [-0.39, 0.29) is 5.97 Å². The molecule has 25 heavy (non-hydrogen) atoms. The van der Waals surface area contributed by atoms with E-state index >= 15 is 0 Å². The number of anilines is 1. The number of benzene rings is 1. The number of hydrogen-bond donors (Lipinski definition) is 1. The van der Waals surface area contributed by atoms with Gasteiger partial charge in [0.2, 0.25) is 0 Å². The molecule has 1 fully saturated rings. The fourth-order valence-electron chi connectivity index (χ4n) is 3.12. The monoisotopic (exact) mass is 348 g/mol. The Kier molecular flexibility index (Phi) is 6.82. The minimum atomic E-state index is -0.465. The molecule has 138 valence electrons.